The highest BCUT2D eigenvalue weighted by Crippen LogP contribution is 2.30. The molecule has 0 saturated carbocycles. The van der Waals surface area contributed by atoms with Gasteiger partial charge in [0.1, 0.15) is 11.3 Å². The van der Waals surface area contributed by atoms with Gasteiger partial charge in [0.2, 0.25) is 5.91 Å². The molecule has 0 aliphatic rings. The highest BCUT2D eigenvalue weighted by Gasteiger charge is 2.15. The average Bonchev–Trinajstić information content (AvgIpc) is 2.53. The number of carboxylic acid groups (broad SMARTS) is 1. The fourth-order valence-corrected chi connectivity index (χ4v) is 2.64. The van der Waals surface area contributed by atoms with Crippen LogP contribution >= 0.6 is 11.6 Å². The lowest BCUT2D eigenvalue weighted by atomic mass is 10.0. The van der Waals surface area contributed by atoms with Crippen molar-refractivity contribution in [1.82, 2.24) is 5.32 Å². The first-order valence-electron chi connectivity index (χ1n) is 7.73. The standard InChI is InChI=1S/C17H18ClNO6/c1-9-10(4-5-15(21)19-6-2-3-16(22)23)17(24)25-14-8-13(20)12(18)7-11(9)14/h7-8,20H,2-6H2,1H3,(H,19,21)(H,22,23). The van der Waals surface area contributed by atoms with Gasteiger partial charge in [-0.1, -0.05) is 11.6 Å². The summed E-state index contributed by atoms with van der Waals surface area (Å²) >= 11 is 5.90. The molecule has 1 aromatic carbocycles. The monoisotopic (exact) mass is 367 g/mol. The van der Waals surface area contributed by atoms with E-state index in [0.717, 1.165) is 0 Å². The fraction of sp³-hybridized carbons (Fsp3) is 0.353. The number of carbonyl (C=O) groups excluding carboxylic acids is 1. The van der Waals surface area contributed by atoms with Crippen LogP contribution in [0.4, 0.5) is 0 Å². The van der Waals surface area contributed by atoms with Gasteiger partial charge in [0.05, 0.1) is 5.02 Å². The first-order valence-corrected chi connectivity index (χ1v) is 8.10. The highest BCUT2D eigenvalue weighted by molar-refractivity contribution is 6.32. The number of phenols is 1. The van der Waals surface area contributed by atoms with E-state index >= 15 is 0 Å². The van der Waals surface area contributed by atoms with Gasteiger partial charge < -0.3 is 19.9 Å². The van der Waals surface area contributed by atoms with Crippen LogP contribution in [-0.2, 0) is 16.0 Å². The van der Waals surface area contributed by atoms with E-state index in [-0.39, 0.29) is 48.1 Å². The second kappa shape index (κ2) is 8.02. The van der Waals surface area contributed by atoms with Crippen LogP contribution in [0.1, 0.15) is 30.4 Å². The molecule has 0 saturated heterocycles. The SMILES string of the molecule is Cc1c(CCC(=O)NCCCC(=O)O)c(=O)oc2cc(O)c(Cl)cc12. The van der Waals surface area contributed by atoms with Crippen LogP contribution in [-0.4, -0.2) is 28.6 Å². The smallest absolute Gasteiger partial charge is 0.339 e. The van der Waals surface area contributed by atoms with Crippen molar-refractivity contribution in [2.45, 2.75) is 32.6 Å². The molecule has 0 unspecified atom stereocenters. The van der Waals surface area contributed by atoms with Crippen LogP contribution in [0.5, 0.6) is 5.75 Å². The number of nitrogens with one attached hydrogen (secondary N) is 1. The van der Waals surface area contributed by atoms with Crippen molar-refractivity contribution in [2.75, 3.05) is 6.54 Å². The summed E-state index contributed by atoms with van der Waals surface area (Å²) in [6.07, 6.45) is 0.602. The molecule has 0 radical (unpaired) electrons. The normalized spacial score (nSPS) is 10.8. The van der Waals surface area contributed by atoms with E-state index in [1.807, 2.05) is 0 Å². The Hall–Kier alpha value is -2.54. The van der Waals surface area contributed by atoms with Crippen molar-refractivity contribution < 1.29 is 24.2 Å². The average molecular weight is 368 g/mol. The third-order valence-electron chi connectivity index (χ3n) is 3.85. The Labute approximate surface area is 148 Å². The summed E-state index contributed by atoms with van der Waals surface area (Å²) < 4.78 is 5.20. The Bertz CT molecular complexity index is 874. The third kappa shape index (κ3) is 4.73. The molecule has 3 N–H and O–H groups in total. The fourth-order valence-electron chi connectivity index (χ4n) is 2.48. The maximum absolute atomic E-state index is 12.1. The van der Waals surface area contributed by atoms with Crippen molar-refractivity contribution in [2.24, 2.45) is 0 Å². The van der Waals surface area contributed by atoms with E-state index in [9.17, 15) is 19.5 Å². The summed E-state index contributed by atoms with van der Waals surface area (Å²) in [4.78, 5) is 34.3. The number of phenolic OH excluding ortho intramolecular Hbond substituents is 1. The summed E-state index contributed by atoms with van der Waals surface area (Å²) in [7, 11) is 0. The molecule has 0 bridgehead atoms. The van der Waals surface area contributed by atoms with Gasteiger partial charge in [0.25, 0.3) is 0 Å². The van der Waals surface area contributed by atoms with Crippen LogP contribution < -0.4 is 10.9 Å². The first-order chi connectivity index (χ1) is 11.8. The maximum atomic E-state index is 12.1. The zero-order valence-corrected chi connectivity index (χ0v) is 14.4. The quantitative estimate of drug-likeness (QED) is 0.511. The third-order valence-corrected chi connectivity index (χ3v) is 4.15. The molecule has 1 amide bonds. The summed E-state index contributed by atoms with van der Waals surface area (Å²) in [6.45, 7) is 2.00. The topological polar surface area (TPSA) is 117 Å². The van der Waals surface area contributed by atoms with E-state index in [2.05, 4.69) is 5.32 Å². The minimum Gasteiger partial charge on any atom is -0.506 e. The van der Waals surface area contributed by atoms with E-state index in [1.165, 1.54) is 12.1 Å². The summed E-state index contributed by atoms with van der Waals surface area (Å²) in [5, 5.41) is 21.5. The molecule has 0 aliphatic heterocycles. The minimum atomic E-state index is -0.914. The number of halogens is 1. The van der Waals surface area contributed by atoms with Crippen LogP contribution in [0.25, 0.3) is 11.0 Å². The Kier molecular flexibility index (Phi) is 6.03. The molecule has 0 aliphatic carbocycles. The first kappa shape index (κ1) is 18.8. The minimum absolute atomic E-state index is 0.0126. The molecule has 1 heterocycles. The molecule has 2 aromatic rings. The summed E-state index contributed by atoms with van der Waals surface area (Å²) in [5.74, 6) is -1.36. The molecule has 134 valence electrons. The number of fused-ring (bicyclic) bond motifs is 1. The number of hydrogen-bond donors (Lipinski definition) is 3. The molecule has 0 spiro atoms. The number of amides is 1. The molecule has 8 heteroatoms. The summed E-state index contributed by atoms with van der Waals surface area (Å²) in [6, 6.07) is 2.80. The predicted octanol–water partition coefficient (Wildman–Crippen LogP) is 2.37. The second-order valence-electron chi connectivity index (χ2n) is 5.64. The Morgan fingerprint density at radius 3 is 2.68 bits per heavy atom. The molecule has 0 fully saturated rings. The lowest BCUT2D eigenvalue weighted by Gasteiger charge is -2.09. The molecule has 1 aromatic heterocycles. The Morgan fingerprint density at radius 2 is 2.00 bits per heavy atom. The lowest BCUT2D eigenvalue weighted by molar-refractivity contribution is -0.137. The van der Waals surface area contributed by atoms with Crippen LogP contribution in [0.15, 0.2) is 21.3 Å². The predicted molar refractivity (Wildman–Crippen MR) is 92.1 cm³/mol. The van der Waals surface area contributed by atoms with E-state index < -0.39 is 11.6 Å². The van der Waals surface area contributed by atoms with Gasteiger partial charge in [-0.15, -0.1) is 0 Å². The second-order valence-corrected chi connectivity index (χ2v) is 6.05. The molecule has 7 nitrogen and oxygen atoms in total. The molecule has 2 rings (SSSR count). The molecular weight excluding hydrogens is 350 g/mol. The zero-order valence-electron chi connectivity index (χ0n) is 13.6. The number of carbonyl (C=O) groups is 2. The van der Waals surface area contributed by atoms with Crippen molar-refractivity contribution in [3.63, 3.8) is 0 Å². The largest absolute Gasteiger partial charge is 0.506 e. The van der Waals surface area contributed by atoms with E-state index in [1.54, 1.807) is 6.92 Å². The maximum Gasteiger partial charge on any atom is 0.339 e. The van der Waals surface area contributed by atoms with Crippen LogP contribution in [0.3, 0.4) is 0 Å². The van der Waals surface area contributed by atoms with Crippen molar-refractivity contribution in [3.8, 4) is 5.75 Å². The van der Waals surface area contributed by atoms with Gasteiger partial charge in [-0.05, 0) is 31.4 Å². The van der Waals surface area contributed by atoms with E-state index in [0.29, 0.717) is 22.9 Å². The Balaban J connectivity index is 2.08. The number of hydrogen-bond acceptors (Lipinski definition) is 5. The zero-order chi connectivity index (χ0) is 18.6. The number of carboxylic acids is 1. The van der Waals surface area contributed by atoms with Gasteiger partial charge in [-0.25, -0.2) is 4.79 Å². The van der Waals surface area contributed by atoms with Gasteiger partial charge in [-0.3, -0.25) is 9.59 Å². The van der Waals surface area contributed by atoms with Crippen LogP contribution in [0, 0.1) is 6.92 Å². The van der Waals surface area contributed by atoms with Crippen molar-refractivity contribution >= 4 is 34.4 Å². The molecule has 25 heavy (non-hydrogen) atoms. The Morgan fingerprint density at radius 1 is 1.28 bits per heavy atom. The molecular formula is C17H18ClNO6. The van der Waals surface area contributed by atoms with Gasteiger partial charge in [0, 0.05) is 36.4 Å². The van der Waals surface area contributed by atoms with E-state index in [4.69, 9.17) is 21.1 Å². The highest BCUT2D eigenvalue weighted by atomic mass is 35.5. The number of benzene rings is 1. The van der Waals surface area contributed by atoms with Gasteiger partial charge in [0.15, 0.2) is 0 Å². The van der Waals surface area contributed by atoms with Crippen LogP contribution in [0.2, 0.25) is 5.02 Å². The van der Waals surface area contributed by atoms with Crippen molar-refractivity contribution in [3.05, 3.63) is 38.7 Å². The van der Waals surface area contributed by atoms with Crippen molar-refractivity contribution in [1.29, 1.82) is 0 Å². The lowest BCUT2D eigenvalue weighted by Crippen LogP contribution is -2.26. The number of aromatic hydroxyl groups is 1. The molecule has 0 atom stereocenters. The number of aryl methyl sites for hydroxylation is 1. The van der Waals surface area contributed by atoms with Gasteiger partial charge in [-0.2, -0.15) is 0 Å². The summed E-state index contributed by atoms with van der Waals surface area (Å²) in [5.41, 5.74) is 0.679. The number of rotatable bonds is 7. The number of aliphatic carboxylic acids is 1. The van der Waals surface area contributed by atoms with Gasteiger partial charge >= 0.3 is 11.6 Å².